The standard InChI is InChI=1S/C17H19N5O6/c18-16-20-13-10(14(26)21-16)19-17(27-7-8-4-2-1-3-5-8)22(13)15-12(25)11(24)9(6-23)28-15/h1-5,9,11-12,15,23-25H,6-7H2,(H3,18,20,21,26)/t9-,11+,12-,15+/m0/s1. The number of nitrogen functional groups attached to an aromatic ring is 1. The van der Waals surface area contributed by atoms with E-state index >= 15 is 0 Å². The van der Waals surface area contributed by atoms with E-state index in [0.29, 0.717) is 0 Å². The number of aromatic amines is 1. The Morgan fingerprint density at radius 1 is 1.21 bits per heavy atom. The lowest BCUT2D eigenvalue weighted by atomic mass is 10.1. The van der Waals surface area contributed by atoms with E-state index in [2.05, 4.69) is 15.0 Å². The predicted octanol–water partition coefficient (Wildman–Crippen LogP) is -1.11. The third-order valence-electron chi connectivity index (χ3n) is 4.52. The number of H-pyrrole nitrogens is 1. The minimum Gasteiger partial charge on any atom is -0.460 e. The molecule has 11 heteroatoms. The first-order valence-corrected chi connectivity index (χ1v) is 8.56. The van der Waals surface area contributed by atoms with E-state index in [-0.39, 0.29) is 29.7 Å². The van der Waals surface area contributed by atoms with Gasteiger partial charge in [-0.15, -0.1) is 0 Å². The molecule has 3 heterocycles. The summed E-state index contributed by atoms with van der Waals surface area (Å²) in [6.45, 7) is -0.371. The normalized spacial score (nSPS) is 24.7. The van der Waals surface area contributed by atoms with Gasteiger partial charge in [0.25, 0.3) is 5.56 Å². The van der Waals surface area contributed by atoms with Gasteiger partial charge in [0, 0.05) is 0 Å². The number of rotatable bonds is 5. The summed E-state index contributed by atoms with van der Waals surface area (Å²) >= 11 is 0. The molecule has 0 saturated carbocycles. The molecule has 1 fully saturated rings. The maximum absolute atomic E-state index is 12.2. The quantitative estimate of drug-likeness (QED) is 0.363. The number of imidazole rings is 1. The second kappa shape index (κ2) is 7.20. The van der Waals surface area contributed by atoms with Crippen LogP contribution in [0.15, 0.2) is 35.1 Å². The molecule has 0 amide bonds. The molecule has 148 valence electrons. The minimum absolute atomic E-state index is 0.0270. The van der Waals surface area contributed by atoms with Crippen LogP contribution in [0.4, 0.5) is 5.95 Å². The number of nitrogens with one attached hydrogen (secondary N) is 1. The van der Waals surface area contributed by atoms with Crippen molar-refractivity contribution >= 4 is 17.1 Å². The van der Waals surface area contributed by atoms with E-state index < -0.39 is 36.7 Å². The van der Waals surface area contributed by atoms with E-state index in [9.17, 15) is 20.1 Å². The predicted molar refractivity (Wildman–Crippen MR) is 96.3 cm³/mol. The Morgan fingerprint density at radius 2 is 1.96 bits per heavy atom. The summed E-state index contributed by atoms with van der Waals surface area (Å²) in [5, 5.41) is 29.8. The summed E-state index contributed by atoms with van der Waals surface area (Å²) in [6.07, 6.45) is -4.94. The van der Waals surface area contributed by atoms with Gasteiger partial charge in [0.05, 0.1) is 6.61 Å². The van der Waals surface area contributed by atoms with Crippen molar-refractivity contribution in [2.45, 2.75) is 31.1 Å². The highest BCUT2D eigenvalue weighted by Crippen LogP contribution is 2.34. The first-order chi connectivity index (χ1) is 13.5. The van der Waals surface area contributed by atoms with Crippen LogP contribution in [0.3, 0.4) is 0 Å². The van der Waals surface area contributed by atoms with Crippen LogP contribution in [-0.2, 0) is 11.3 Å². The molecule has 1 saturated heterocycles. The molecule has 28 heavy (non-hydrogen) atoms. The smallest absolute Gasteiger partial charge is 0.301 e. The average Bonchev–Trinajstić information content (AvgIpc) is 3.18. The third kappa shape index (κ3) is 3.10. The Labute approximate surface area is 158 Å². The SMILES string of the molecule is Nc1nc2c(nc(OCc3ccccc3)n2[C@@H]2O[C@@H](CO)[C@@H](O)[C@@H]2O)c(=O)[nH]1. The van der Waals surface area contributed by atoms with Gasteiger partial charge in [0.15, 0.2) is 17.4 Å². The molecule has 1 aromatic carbocycles. The van der Waals surface area contributed by atoms with Crippen molar-refractivity contribution < 1.29 is 24.8 Å². The summed E-state index contributed by atoms with van der Waals surface area (Å²) in [5.74, 6) is -0.153. The molecule has 0 radical (unpaired) electrons. The zero-order chi connectivity index (χ0) is 19.8. The Hall–Kier alpha value is -2.99. The Kier molecular flexibility index (Phi) is 4.73. The largest absolute Gasteiger partial charge is 0.460 e. The average molecular weight is 389 g/mol. The topological polar surface area (TPSA) is 169 Å². The number of aliphatic hydroxyl groups excluding tert-OH is 3. The first-order valence-electron chi connectivity index (χ1n) is 8.56. The lowest BCUT2D eigenvalue weighted by molar-refractivity contribution is -0.0545. The molecule has 3 aromatic rings. The zero-order valence-electron chi connectivity index (χ0n) is 14.6. The number of nitrogens with zero attached hydrogens (tertiary/aromatic N) is 3. The molecule has 1 aliphatic heterocycles. The highest BCUT2D eigenvalue weighted by Gasteiger charge is 2.45. The molecule has 2 aromatic heterocycles. The number of fused-ring (bicyclic) bond motifs is 1. The highest BCUT2D eigenvalue weighted by atomic mass is 16.6. The molecule has 4 rings (SSSR count). The number of hydrogen-bond acceptors (Lipinski definition) is 9. The Bertz CT molecular complexity index is 1040. The van der Waals surface area contributed by atoms with Crippen molar-refractivity contribution in [3.63, 3.8) is 0 Å². The van der Waals surface area contributed by atoms with Crippen LogP contribution in [0.25, 0.3) is 11.2 Å². The molecule has 0 spiro atoms. The van der Waals surface area contributed by atoms with Crippen molar-refractivity contribution in [1.82, 2.24) is 19.5 Å². The van der Waals surface area contributed by atoms with Gasteiger partial charge in [-0.1, -0.05) is 30.3 Å². The van der Waals surface area contributed by atoms with Gasteiger partial charge >= 0.3 is 6.01 Å². The van der Waals surface area contributed by atoms with E-state index in [0.717, 1.165) is 5.56 Å². The molecule has 4 atom stereocenters. The Morgan fingerprint density at radius 3 is 2.64 bits per heavy atom. The molecule has 11 nitrogen and oxygen atoms in total. The van der Waals surface area contributed by atoms with Crippen LogP contribution < -0.4 is 16.0 Å². The maximum Gasteiger partial charge on any atom is 0.301 e. The molecule has 0 aliphatic carbocycles. The molecular formula is C17H19N5O6. The van der Waals surface area contributed by atoms with Crippen molar-refractivity contribution in [3.8, 4) is 6.01 Å². The second-order valence-corrected chi connectivity index (χ2v) is 6.39. The van der Waals surface area contributed by atoms with Crippen molar-refractivity contribution in [1.29, 1.82) is 0 Å². The van der Waals surface area contributed by atoms with Crippen LogP contribution in [0.2, 0.25) is 0 Å². The maximum atomic E-state index is 12.2. The van der Waals surface area contributed by atoms with E-state index in [1.165, 1.54) is 4.57 Å². The summed E-state index contributed by atoms with van der Waals surface area (Å²) in [7, 11) is 0. The van der Waals surface area contributed by atoms with E-state index in [4.69, 9.17) is 15.2 Å². The van der Waals surface area contributed by atoms with Gasteiger partial charge in [0.1, 0.15) is 24.9 Å². The van der Waals surface area contributed by atoms with Crippen LogP contribution in [0, 0.1) is 0 Å². The fourth-order valence-corrected chi connectivity index (χ4v) is 3.13. The van der Waals surface area contributed by atoms with Crippen LogP contribution in [-0.4, -0.2) is 59.8 Å². The number of ether oxygens (including phenoxy) is 2. The van der Waals surface area contributed by atoms with Gasteiger partial charge < -0.3 is 30.5 Å². The van der Waals surface area contributed by atoms with Gasteiger partial charge in [-0.25, -0.2) is 4.57 Å². The van der Waals surface area contributed by atoms with Crippen molar-refractivity contribution in [3.05, 3.63) is 46.2 Å². The summed E-state index contributed by atoms with van der Waals surface area (Å²) in [5.41, 5.74) is 5.87. The number of anilines is 1. The molecule has 0 unspecified atom stereocenters. The number of hydrogen-bond donors (Lipinski definition) is 5. The summed E-state index contributed by atoms with van der Waals surface area (Å²) in [4.78, 5) is 22.8. The second-order valence-electron chi connectivity index (χ2n) is 6.39. The van der Waals surface area contributed by atoms with Gasteiger partial charge in [-0.05, 0) is 5.56 Å². The molecule has 1 aliphatic rings. The zero-order valence-corrected chi connectivity index (χ0v) is 14.6. The van der Waals surface area contributed by atoms with Gasteiger partial charge in [-0.3, -0.25) is 9.78 Å². The Balaban J connectivity index is 1.79. The number of aliphatic hydroxyl groups is 3. The monoisotopic (exact) mass is 389 g/mol. The van der Waals surface area contributed by atoms with Crippen molar-refractivity contribution in [2.24, 2.45) is 0 Å². The van der Waals surface area contributed by atoms with Crippen LogP contribution >= 0.6 is 0 Å². The highest BCUT2D eigenvalue weighted by molar-refractivity contribution is 5.72. The molecular weight excluding hydrogens is 370 g/mol. The first kappa shape index (κ1) is 18.4. The lowest BCUT2D eigenvalue weighted by Crippen LogP contribution is -2.33. The number of aromatic nitrogens is 4. The fraction of sp³-hybridized carbons (Fsp3) is 0.353. The third-order valence-corrected chi connectivity index (χ3v) is 4.52. The van der Waals surface area contributed by atoms with Crippen LogP contribution in [0.1, 0.15) is 11.8 Å². The molecule has 6 N–H and O–H groups in total. The van der Waals surface area contributed by atoms with E-state index in [1.54, 1.807) is 0 Å². The van der Waals surface area contributed by atoms with E-state index in [1.807, 2.05) is 30.3 Å². The summed E-state index contributed by atoms with van der Waals surface area (Å²) < 4.78 is 12.6. The number of benzene rings is 1. The van der Waals surface area contributed by atoms with Gasteiger partial charge in [-0.2, -0.15) is 9.97 Å². The summed E-state index contributed by atoms with van der Waals surface area (Å²) in [6, 6.07) is 9.22. The minimum atomic E-state index is -1.41. The number of nitrogens with two attached hydrogens (primary N) is 1. The molecule has 0 bridgehead atoms. The van der Waals surface area contributed by atoms with Gasteiger partial charge in [0.2, 0.25) is 5.95 Å². The fourth-order valence-electron chi connectivity index (χ4n) is 3.13. The van der Waals surface area contributed by atoms with Crippen molar-refractivity contribution in [2.75, 3.05) is 12.3 Å². The lowest BCUT2D eigenvalue weighted by Gasteiger charge is -2.19. The van der Waals surface area contributed by atoms with Crippen LogP contribution in [0.5, 0.6) is 6.01 Å².